The maximum absolute atomic E-state index is 13.0. The monoisotopic (exact) mass is 251 g/mol. The van der Waals surface area contributed by atoms with Crippen molar-refractivity contribution < 1.29 is 14.0 Å². The van der Waals surface area contributed by atoms with Gasteiger partial charge in [0.25, 0.3) is 5.89 Å². The molecule has 96 valence electrons. The molecule has 3 N–H and O–H groups in total. The summed E-state index contributed by atoms with van der Waals surface area (Å²) in [4.78, 5) is 4.05. The molecule has 0 radical (unpaired) electrons. The van der Waals surface area contributed by atoms with Crippen molar-refractivity contribution in [3.05, 3.63) is 47.4 Å². The van der Waals surface area contributed by atoms with Gasteiger partial charge in [0.05, 0.1) is 0 Å². The van der Waals surface area contributed by atoms with E-state index in [1.165, 1.54) is 12.1 Å². The van der Waals surface area contributed by atoms with Crippen molar-refractivity contribution in [1.82, 2.24) is 10.1 Å². The SMILES string of the molecule is NCC[C@H](O)c1nc(Cc2cccc(F)c2)no1. The van der Waals surface area contributed by atoms with Gasteiger partial charge < -0.3 is 15.4 Å². The summed E-state index contributed by atoms with van der Waals surface area (Å²) in [5.41, 5.74) is 6.07. The van der Waals surface area contributed by atoms with Crippen LogP contribution in [0, 0.1) is 5.82 Å². The van der Waals surface area contributed by atoms with E-state index in [2.05, 4.69) is 10.1 Å². The minimum atomic E-state index is -0.844. The third-order valence-corrected chi connectivity index (χ3v) is 2.46. The van der Waals surface area contributed by atoms with E-state index in [1.807, 2.05) is 0 Å². The molecule has 0 saturated carbocycles. The quantitative estimate of drug-likeness (QED) is 0.833. The fourth-order valence-corrected chi connectivity index (χ4v) is 1.59. The van der Waals surface area contributed by atoms with E-state index in [4.69, 9.17) is 10.3 Å². The second-order valence-corrected chi connectivity index (χ2v) is 3.95. The molecule has 0 aliphatic carbocycles. The first-order valence-electron chi connectivity index (χ1n) is 5.64. The average molecular weight is 251 g/mol. The Hall–Kier alpha value is -1.79. The van der Waals surface area contributed by atoms with E-state index >= 15 is 0 Å². The molecule has 0 bridgehead atoms. The van der Waals surface area contributed by atoms with Crippen LogP contribution >= 0.6 is 0 Å². The summed E-state index contributed by atoms with van der Waals surface area (Å²) in [6.07, 6.45) is -0.123. The summed E-state index contributed by atoms with van der Waals surface area (Å²) in [6, 6.07) is 6.17. The number of aliphatic hydroxyl groups excluding tert-OH is 1. The van der Waals surface area contributed by atoms with E-state index in [1.54, 1.807) is 12.1 Å². The van der Waals surface area contributed by atoms with Crippen molar-refractivity contribution in [2.45, 2.75) is 18.9 Å². The van der Waals surface area contributed by atoms with Gasteiger partial charge in [0.15, 0.2) is 5.82 Å². The van der Waals surface area contributed by atoms with Gasteiger partial charge in [-0.15, -0.1) is 0 Å². The number of aliphatic hydroxyl groups is 1. The molecule has 5 nitrogen and oxygen atoms in total. The maximum Gasteiger partial charge on any atom is 0.255 e. The standard InChI is InChI=1S/C12H14FN3O2/c13-9-3-1-2-8(6-9)7-11-15-12(18-16-11)10(17)4-5-14/h1-3,6,10,17H,4-5,7,14H2/t10-/m0/s1. The lowest BCUT2D eigenvalue weighted by Gasteiger charge is -2.01. The highest BCUT2D eigenvalue weighted by atomic mass is 19.1. The van der Waals surface area contributed by atoms with Crippen LogP contribution in [-0.2, 0) is 6.42 Å². The van der Waals surface area contributed by atoms with Gasteiger partial charge in [-0.1, -0.05) is 17.3 Å². The number of hydrogen-bond acceptors (Lipinski definition) is 5. The summed E-state index contributed by atoms with van der Waals surface area (Å²) in [5, 5.41) is 13.3. The topological polar surface area (TPSA) is 85.2 Å². The number of halogens is 1. The Labute approximate surface area is 103 Å². The third kappa shape index (κ3) is 3.12. The van der Waals surface area contributed by atoms with Crippen molar-refractivity contribution in [3.63, 3.8) is 0 Å². The molecule has 2 rings (SSSR count). The highest BCUT2D eigenvalue weighted by molar-refractivity contribution is 5.19. The minimum Gasteiger partial charge on any atom is -0.383 e. The molecule has 0 aliphatic heterocycles. The third-order valence-electron chi connectivity index (χ3n) is 2.46. The normalized spacial score (nSPS) is 12.6. The van der Waals surface area contributed by atoms with Crippen LogP contribution in [-0.4, -0.2) is 21.8 Å². The van der Waals surface area contributed by atoms with Crippen molar-refractivity contribution in [2.24, 2.45) is 5.73 Å². The number of aromatic nitrogens is 2. The predicted molar refractivity (Wildman–Crippen MR) is 62.1 cm³/mol. The fourth-order valence-electron chi connectivity index (χ4n) is 1.59. The second-order valence-electron chi connectivity index (χ2n) is 3.95. The molecular formula is C12H14FN3O2. The summed E-state index contributed by atoms with van der Waals surface area (Å²) >= 11 is 0. The van der Waals surface area contributed by atoms with Crippen LogP contribution in [0.4, 0.5) is 4.39 Å². The molecule has 1 heterocycles. The average Bonchev–Trinajstić information content (AvgIpc) is 2.78. The van der Waals surface area contributed by atoms with Crippen molar-refractivity contribution in [2.75, 3.05) is 6.54 Å². The fraction of sp³-hybridized carbons (Fsp3) is 0.333. The number of benzene rings is 1. The van der Waals surface area contributed by atoms with Gasteiger partial charge in [0, 0.05) is 6.42 Å². The summed E-state index contributed by atoms with van der Waals surface area (Å²) in [7, 11) is 0. The predicted octanol–water partition coefficient (Wildman–Crippen LogP) is 1.18. The lowest BCUT2D eigenvalue weighted by atomic mass is 10.1. The molecule has 0 amide bonds. The van der Waals surface area contributed by atoms with Crippen LogP contribution in [0.5, 0.6) is 0 Å². The summed E-state index contributed by atoms with van der Waals surface area (Å²) in [5.74, 6) is 0.248. The smallest absolute Gasteiger partial charge is 0.255 e. The van der Waals surface area contributed by atoms with Gasteiger partial charge in [-0.2, -0.15) is 4.98 Å². The van der Waals surface area contributed by atoms with Crippen LogP contribution in [0.2, 0.25) is 0 Å². The van der Waals surface area contributed by atoms with Gasteiger partial charge in [0.1, 0.15) is 11.9 Å². The van der Waals surface area contributed by atoms with Crippen molar-refractivity contribution in [1.29, 1.82) is 0 Å². The molecule has 0 unspecified atom stereocenters. The second kappa shape index (κ2) is 5.70. The maximum atomic E-state index is 13.0. The van der Waals surface area contributed by atoms with Crippen molar-refractivity contribution >= 4 is 0 Å². The van der Waals surface area contributed by atoms with E-state index < -0.39 is 6.10 Å². The lowest BCUT2D eigenvalue weighted by Crippen LogP contribution is -2.07. The van der Waals surface area contributed by atoms with E-state index in [0.717, 1.165) is 5.56 Å². The first-order valence-corrected chi connectivity index (χ1v) is 5.64. The van der Waals surface area contributed by atoms with Gasteiger partial charge >= 0.3 is 0 Å². The molecule has 0 aliphatic rings. The highest BCUT2D eigenvalue weighted by Gasteiger charge is 2.15. The van der Waals surface area contributed by atoms with Crippen LogP contribution < -0.4 is 5.73 Å². The zero-order valence-corrected chi connectivity index (χ0v) is 9.71. The largest absolute Gasteiger partial charge is 0.383 e. The number of nitrogens with zero attached hydrogens (tertiary/aromatic N) is 2. The van der Waals surface area contributed by atoms with E-state index in [9.17, 15) is 9.50 Å². The van der Waals surface area contributed by atoms with Crippen LogP contribution in [0.1, 0.15) is 29.8 Å². The van der Waals surface area contributed by atoms with E-state index in [0.29, 0.717) is 25.2 Å². The molecule has 0 saturated heterocycles. The molecule has 1 atom stereocenters. The zero-order chi connectivity index (χ0) is 13.0. The molecular weight excluding hydrogens is 237 g/mol. The molecule has 1 aromatic carbocycles. The lowest BCUT2D eigenvalue weighted by molar-refractivity contribution is 0.127. The highest BCUT2D eigenvalue weighted by Crippen LogP contribution is 2.15. The number of nitrogens with two attached hydrogens (primary N) is 1. The van der Waals surface area contributed by atoms with Gasteiger partial charge in [-0.3, -0.25) is 0 Å². The molecule has 1 aromatic heterocycles. The van der Waals surface area contributed by atoms with Gasteiger partial charge in [-0.05, 0) is 30.7 Å². The van der Waals surface area contributed by atoms with Crippen molar-refractivity contribution in [3.8, 4) is 0 Å². The summed E-state index contributed by atoms with van der Waals surface area (Å²) < 4.78 is 17.9. The van der Waals surface area contributed by atoms with Crippen LogP contribution in [0.25, 0.3) is 0 Å². The molecule has 0 spiro atoms. The Morgan fingerprint density at radius 1 is 1.44 bits per heavy atom. The Morgan fingerprint density at radius 3 is 3.00 bits per heavy atom. The van der Waals surface area contributed by atoms with Crippen LogP contribution in [0.15, 0.2) is 28.8 Å². The van der Waals surface area contributed by atoms with Crippen LogP contribution in [0.3, 0.4) is 0 Å². The zero-order valence-electron chi connectivity index (χ0n) is 9.71. The Bertz CT molecular complexity index is 516. The first kappa shape index (κ1) is 12.7. The molecule has 2 aromatic rings. The number of hydrogen-bond donors (Lipinski definition) is 2. The molecule has 18 heavy (non-hydrogen) atoms. The Morgan fingerprint density at radius 2 is 2.28 bits per heavy atom. The Kier molecular flexibility index (Phi) is 4.01. The molecule has 6 heteroatoms. The Balaban J connectivity index is 2.06. The van der Waals surface area contributed by atoms with Gasteiger partial charge in [0.2, 0.25) is 0 Å². The summed E-state index contributed by atoms with van der Waals surface area (Å²) in [6.45, 7) is 0.336. The minimum absolute atomic E-state index is 0.145. The van der Waals surface area contributed by atoms with E-state index in [-0.39, 0.29) is 11.7 Å². The molecule has 0 fully saturated rings. The van der Waals surface area contributed by atoms with Gasteiger partial charge in [-0.25, -0.2) is 4.39 Å². The first-order chi connectivity index (χ1) is 8.69. The number of rotatable bonds is 5.